The van der Waals surface area contributed by atoms with Crippen LogP contribution >= 0.6 is 0 Å². The Bertz CT molecular complexity index is 790. The van der Waals surface area contributed by atoms with E-state index in [0.29, 0.717) is 69.2 Å². The summed E-state index contributed by atoms with van der Waals surface area (Å²) in [5.41, 5.74) is 0.508. The fraction of sp³-hybridized carbons (Fsp3) is 0.591. The first-order valence-electron chi connectivity index (χ1n) is 10.6. The second-order valence-electron chi connectivity index (χ2n) is 8.16. The molecule has 0 spiro atoms. The summed E-state index contributed by atoms with van der Waals surface area (Å²) in [6, 6.07) is 5.12. The van der Waals surface area contributed by atoms with Gasteiger partial charge in [-0.25, -0.2) is 4.79 Å². The van der Waals surface area contributed by atoms with E-state index in [1.54, 1.807) is 61.2 Å². The minimum absolute atomic E-state index is 0.00722. The van der Waals surface area contributed by atoms with E-state index in [-0.39, 0.29) is 23.8 Å². The first-order chi connectivity index (χ1) is 14.8. The Morgan fingerprint density at radius 1 is 0.806 bits per heavy atom. The van der Waals surface area contributed by atoms with Gasteiger partial charge in [-0.15, -0.1) is 0 Å². The highest BCUT2D eigenvalue weighted by Crippen LogP contribution is 2.25. The number of piperidine rings is 1. The van der Waals surface area contributed by atoms with Crippen molar-refractivity contribution in [3.05, 3.63) is 23.8 Å². The second kappa shape index (κ2) is 9.89. The lowest BCUT2D eigenvalue weighted by atomic mass is 9.95. The van der Waals surface area contributed by atoms with Crippen LogP contribution in [0.5, 0.6) is 11.5 Å². The molecule has 2 saturated heterocycles. The van der Waals surface area contributed by atoms with Crippen LogP contribution in [-0.4, -0.2) is 105 Å². The van der Waals surface area contributed by atoms with Crippen molar-refractivity contribution in [2.75, 3.05) is 67.6 Å². The normalized spacial score (nSPS) is 17.4. The Morgan fingerprint density at radius 3 is 1.81 bits per heavy atom. The van der Waals surface area contributed by atoms with E-state index in [1.165, 1.54) is 0 Å². The Hall–Kier alpha value is -2.97. The van der Waals surface area contributed by atoms with Gasteiger partial charge in [-0.1, -0.05) is 0 Å². The molecule has 0 N–H and O–H groups in total. The van der Waals surface area contributed by atoms with Crippen molar-refractivity contribution in [1.29, 1.82) is 0 Å². The number of urea groups is 1. The summed E-state index contributed by atoms with van der Waals surface area (Å²) in [6.07, 6.45) is 1.36. The number of amides is 4. The second-order valence-corrected chi connectivity index (χ2v) is 8.16. The molecule has 1 aromatic rings. The average molecular weight is 433 g/mol. The lowest BCUT2D eigenvalue weighted by Gasteiger charge is -2.39. The minimum atomic E-state index is -0.0974. The van der Waals surface area contributed by atoms with Crippen LogP contribution in [0.3, 0.4) is 0 Å². The number of piperazine rings is 1. The number of benzene rings is 1. The van der Waals surface area contributed by atoms with Crippen LogP contribution in [-0.2, 0) is 4.79 Å². The Kier molecular flexibility index (Phi) is 7.25. The van der Waals surface area contributed by atoms with Crippen molar-refractivity contribution in [2.24, 2.45) is 5.92 Å². The van der Waals surface area contributed by atoms with Crippen LogP contribution in [0, 0.1) is 5.92 Å². The number of nitrogens with zero attached hydrogens (tertiary/aromatic N) is 4. The van der Waals surface area contributed by atoms with E-state index in [0.717, 1.165) is 0 Å². The van der Waals surface area contributed by atoms with Crippen molar-refractivity contribution in [2.45, 2.75) is 12.8 Å². The van der Waals surface area contributed by atoms with Crippen molar-refractivity contribution < 1.29 is 23.9 Å². The lowest BCUT2D eigenvalue weighted by Crippen LogP contribution is -2.53. The van der Waals surface area contributed by atoms with Gasteiger partial charge >= 0.3 is 6.03 Å². The number of carbonyl (C=O) groups is 3. The molecule has 2 aliphatic heterocycles. The lowest BCUT2D eigenvalue weighted by molar-refractivity contribution is -0.138. The van der Waals surface area contributed by atoms with Gasteiger partial charge in [0.2, 0.25) is 5.91 Å². The zero-order valence-corrected chi connectivity index (χ0v) is 18.8. The monoisotopic (exact) mass is 432 g/mol. The first-order valence-corrected chi connectivity index (χ1v) is 10.6. The number of carbonyl (C=O) groups excluding carboxylic acids is 3. The molecule has 31 heavy (non-hydrogen) atoms. The van der Waals surface area contributed by atoms with Gasteiger partial charge < -0.3 is 29.1 Å². The molecule has 3 rings (SSSR count). The summed E-state index contributed by atoms with van der Waals surface area (Å²) in [5, 5.41) is 0. The number of hydrogen-bond acceptors (Lipinski definition) is 5. The molecule has 170 valence electrons. The molecule has 2 aliphatic rings. The summed E-state index contributed by atoms with van der Waals surface area (Å²) >= 11 is 0. The zero-order chi connectivity index (χ0) is 22.5. The molecule has 0 saturated carbocycles. The zero-order valence-electron chi connectivity index (χ0n) is 18.8. The van der Waals surface area contributed by atoms with E-state index in [9.17, 15) is 14.4 Å². The summed E-state index contributed by atoms with van der Waals surface area (Å²) in [4.78, 5) is 44.9. The molecular formula is C22H32N4O5. The molecular weight excluding hydrogens is 400 g/mol. The topological polar surface area (TPSA) is 82.6 Å². The van der Waals surface area contributed by atoms with Crippen LogP contribution in [0.15, 0.2) is 18.2 Å². The third-order valence-electron chi connectivity index (χ3n) is 5.97. The molecule has 0 aromatic heterocycles. The van der Waals surface area contributed by atoms with Gasteiger partial charge in [-0.3, -0.25) is 9.59 Å². The molecule has 0 unspecified atom stereocenters. The molecule has 2 fully saturated rings. The Labute approximate surface area is 183 Å². The highest BCUT2D eigenvalue weighted by Gasteiger charge is 2.33. The van der Waals surface area contributed by atoms with Crippen LogP contribution in [0.4, 0.5) is 4.79 Å². The summed E-state index contributed by atoms with van der Waals surface area (Å²) in [6.45, 7) is 3.21. The number of hydrogen-bond donors (Lipinski definition) is 0. The minimum Gasteiger partial charge on any atom is -0.497 e. The molecule has 2 heterocycles. The molecule has 9 heteroatoms. The number of ether oxygens (including phenoxy) is 2. The number of methoxy groups -OCH3 is 2. The van der Waals surface area contributed by atoms with Crippen molar-refractivity contribution in [3.63, 3.8) is 0 Å². The summed E-state index contributed by atoms with van der Waals surface area (Å²) in [7, 11) is 6.58. The maximum absolute atomic E-state index is 13.0. The van der Waals surface area contributed by atoms with Crippen molar-refractivity contribution in [1.82, 2.24) is 19.6 Å². The van der Waals surface area contributed by atoms with Gasteiger partial charge in [0.1, 0.15) is 11.5 Å². The van der Waals surface area contributed by atoms with E-state index >= 15 is 0 Å². The predicted octanol–water partition coefficient (Wildman–Crippen LogP) is 1.38. The molecule has 0 radical (unpaired) electrons. The predicted molar refractivity (Wildman–Crippen MR) is 115 cm³/mol. The average Bonchev–Trinajstić information content (AvgIpc) is 2.82. The largest absolute Gasteiger partial charge is 0.497 e. The van der Waals surface area contributed by atoms with E-state index in [2.05, 4.69) is 0 Å². The summed E-state index contributed by atoms with van der Waals surface area (Å²) in [5.74, 6) is 1.11. The van der Waals surface area contributed by atoms with Gasteiger partial charge in [0.25, 0.3) is 5.91 Å². The van der Waals surface area contributed by atoms with Gasteiger partial charge in [-0.05, 0) is 25.0 Å². The third kappa shape index (κ3) is 5.21. The number of likely N-dealkylation sites (tertiary alicyclic amines) is 1. The Morgan fingerprint density at radius 2 is 1.32 bits per heavy atom. The maximum Gasteiger partial charge on any atom is 0.319 e. The first kappa shape index (κ1) is 22.7. The van der Waals surface area contributed by atoms with Crippen LogP contribution in [0.25, 0.3) is 0 Å². The number of rotatable bonds is 4. The van der Waals surface area contributed by atoms with Gasteiger partial charge in [0, 0.05) is 70.9 Å². The van der Waals surface area contributed by atoms with Gasteiger partial charge in [0.05, 0.1) is 14.2 Å². The molecule has 4 amide bonds. The Balaban J connectivity index is 1.53. The highest BCUT2D eigenvalue weighted by atomic mass is 16.5. The van der Waals surface area contributed by atoms with Crippen LogP contribution in [0.2, 0.25) is 0 Å². The molecule has 1 aromatic carbocycles. The van der Waals surface area contributed by atoms with Gasteiger partial charge in [0.15, 0.2) is 0 Å². The molecule has 9 nitrogen and oxygen atoms in total. The highest BCUT2D eigenvalue weighted by molar-refractivity contribution is 5.95. The quantitative estimate of drug-likeness (QED) is 0.718. The van der Waals surface area contributed by atoms with E-state index in [1.807, 2.05) is 4.90 Å². The SMILES string of the molecule is COc1cc(OC)cc(C(=O)N2CCN(C(=O)C3CCN(C(=O)N(C)C)CC3)CC2)c1. The maximum atomic E-state index is 13.0. The van der Waals surface area contributed by atoms with E-state index in [4.69, 9.17) is 9.47 Å². The molecule has 0 aliphatic carbocycles. The summed E-state index contributed by atoms with van der Waals surface area (Å²) < 4.78 is 10.5. The van der Waals surface area contributed by atoms with Crippen molar-refractivity contribution in [3.8, 4) is 11.5 Å². The smallest absolute Gasteiger partial charge is 0.319 e. The van der Waals surface area contributed by atoms with Crippen LogP contribution in [0.1, 0.15) is 23.2 Å². The third-order valence-corrected chi connectivity index (χ3v) is 5.97. The fourth-order valence-electron chi connectivity index (χ4n) is 4.10. The fourth-order valence-corrected chi connectivity index (χ4v) is 4.10. The van der Waals surface area contributed by atoms with E-state index < -0.39 is 0 Å². The van der Waals surface area contributed by atoms with Gasteiger partial charge in [-0.2, -0.15) is 0 Å². The van der Waals surface area contributed by atoms with Crippen LogP contribution < -0.4 is 9.47 Å². The molecule has 0 bridgehead atoms. The molecule has 0 atom stereocenters. The van der Waals surface area contributed by atoms with Crippen molar-refractivity contribution >= 4 is 17.8 Å². The standard InChI is InChI=1S/C22H32N4O5/c1-23(2)22(29)26-7-5-16(6-8-26)20(27)24-9-11-25(12-10-24)21(28)17-13-18(30-3)15-19(14-17)31-4/h13-16H,5-12H2,1-4H3.